The molecular formula is C29H34F5N9O11S2. The van der Waals surface area contributed by atoms with Crippen molar-refractivity contribution in [1.29, 1.82) is 0 Å². The third-order valence-corrected chi connectivity index (χ3v) is 9.88. The normalized spacial score (nSPS) is 13.7. The van der Waals surface area contributed by atoms with Gasteiger partial charge in [-0.1, -0.05) is 5.16 Å². The topological polar surface area (TPSA) is 252 Å². The van der Waals surface area contributed by atoms with Crippen LogP contribution in [0.25, 0.3) is 0 Å². The number of anilines is 2. The number of nitrogens with zero attached hydrogens (tertiary/aromatic N) is 6. The number of alkyl halides is 5. The number of sulfone groups is 1. The largest absolute Gasteiger partial charge is 0.481 e. The first kappa shape index (κ1) is 44.5. The highest BCUT2D eigenvalue weighted by atomic mass is 32.2. The Balaban J connectivity index is 0.000000307. The molecule has 0 unspecified atom stereocenters. The van der Waals surface area contributed by atoms with E-state index in [1.54, 1.807) is 4.72 Å². The van der Waals surface area contributed by atoms with Crippen molar-refractivity contribution in [2.24, 2.45) is 12.2 Å². The summed E-state index contributed by atoms with van der Waals surface area (Å²) in [5.74, 6) is -3.02. The predicted molar refractivity (Wildman–Crippen MR) is 183 cm³/mol. The van der Waals surface area contributed by atoms with Gasteiger partial charge < -0.3 is 29.3 Å². The highest BCUT2D eigenvalue weighted by Crippen LogP contribution is 2.38. The number of nitrogens with one attached hydrogen (secondary N) is 3. The molecule has 3 heterocycles. The third kappa shape index (κ3) is 11.3. The van der Waals surface area contributed by atoms with E-state index in [0.717, 1.165) is 18.0 Å². The van der Waals surface area contributed by atoms with E-state index in [-0.39, 0.29) is 35.4 Å². The molecule has 1 aliphatic heterocycles. The molecule has 0 spiro atoms. The molecule has 20 nitrogen and oxygen atoms in total. The van der Waals surface area contributed by atoms with Gasteiger partial charge in [0.05, 0.1) is 37.2 Å². The Hall–Kier alpha value is -5.86. The summed E-state index contributed by atoms with van der Waals surface area (Å²) < 4.78 is 131. The number of rotatable bonds is 12. The molecule has 308 valence electrons. The number of hydrogen-bond acceptors (Lipinski definition) is 15. The van der Waals surface area contributed by atoms with E-state index in [9.17, 15) is 53.2 Å². The van der Waals surface area contributed by atoms with Crippen molar-refractivity contribution in [3.63, 3.8) is 0 Å². The molecule has 0 atom stereocenters. The number of amides is 4. The zero-order valence-electron chi connectivity index (χ0n) is 30.3. The average molecular weight is 844 g/mol. The van der Waals surface area contributed by atoms with Crippen LogP contribution in [0.5, 0.6) is 17.6 Å². The molecule has 2 aromatic heterocycles. The standard InChI is InChI=1S/C17H20N6O7S.C12H14F5N3O4S/c1-23(2)15(25)11-6-5-10(18-9-24)7-12(11)31(27,28)22-17(26)21-16-19-13(29-3)8-14(20-16)30-4;1-11(2)4-7(19-24-11)25(21,22)5-6-8(12(15,16)17)18-20(3)9(6)23-10(13)14/h5-9H,1-4H3,(H,18,24)(H2,19,20,21,22,26);10H,4-5H2,1-3H3. The van der Waals surface area contributed by atoms with Crippen molar-refractivity contribution in [1.82, 2.24) is 29.4 Å². The van der Waals surface area contributed by atoms with Gasteiger partial charge in [0.2, 0.25) is 30.0 Å². The molecule has 4 rings (SSSR count). The summed E-state index contributed by atoms with van der Waals surface area (Å²) in [6.07, 6.45) is -4.88. The fourth-order valence-corrected chi connectivity index (χ4v) is 7.14. The highest BCUT2D eigenvalue weighted by Gasteiger charge is 2.43. The number of carbonyl (C=O) groups is 3. The number of sulfonamides is 1. The van der Waals surface area contributed by atoms with Crippen LogP contribution in [0.2, 0.25) is 0 Å². The SMILES string of the molecule is COc1cc(OC)nc(NC(=O)NS(=O)(=O)c2cc(NC=O)ccc2C(=O)N(C)C)n1.Cn1nc(C(F)(F)F)c(CS(=O)(=O)C2=NOC(C)(C)C2)c1OC(F)F. The van der Waals surface area contributed by atoms with Gasteiger partial charge in [-0.2, -0.15) is 37.0 Å². The monoisotopic (exact) mass is 843 g/mol. The highest BCUT2D eigenvalue weighted by molar-refractivity contribution is 8.05. The predicted octanol–water partition coefficient (Wildman–Crippen LogP) is 2.74. The number of aryl methyl sites for hydroxylation is 1. The molecule has 4 amide bonds. The molecule has 1 aliphatic rings. The van der Waals surface area contributed by atoms with Crippen molar-refractivity contribution >= 4 is 54.9 Å². The van der Waals surface area contributed by atoms with Crippen LogP contribution in [0.1, 0.15) is 41.9 Å². The molecule has 0 saturated carbocycles. The van der Waals surface area contributed by atoms with Crippen molar-refractivity contribution in [3.05, 3.63) is 41.1 Å². The van der Waals surface area contributed by atoms with Crippen LogP contribution in [0, 0.1) is 0 Å². The average Bonchev–Trinajstić information content (AvgIpc) is 3.62. The van der Waals surface area contributed by atoms with Crippen LogP contribution in [-0.4, -0.2) is 105 Å². The van der Waals surface area contributed by atoms with Gasteiger partial charge in [0.15, 0.2) is 20.6 Å². The first-order chi connectivity index (χ1) is 25.8. The maximum Gasteiger partial charge on any atom is 0.435 e. The number of methoxy groups -OCH3 is 2. The molecule has 0 bridgehead atoms. The van der Waals surface area contributed by atoms with Gasteiger partial charge in [-0.05, 0) is 32.0 Å². The smallest absolute Gasteiger partial charge is 0.435 e. The maximum absolute atomic E-state index is 13.1. The van der Waals surface area contributed by atoms with Crippen LogP contribution in [0.4, 0.5) is 38.4 Å². The van der Waals surface area contributed by atoms with Gasteiger partial charge in [0, 0.05) is 33.3 Å². The second-order valence-corrected chi connectivity index (χ2v) is 15.6. The summed E-state index contributed by atoms with van der Waals surface area (Å²) in [5, 5.41) is 10.4. The Morgan fingerprint density at radius 3 is 2.16 bits per heavy atom. The Kier molecular flexibility index (Phi) is 13.8. The second-order valence-electron chi connectivity index (χ2n) is 11.9. The summed E-state index contributed by atoms with van der Waals surface area (Å²) >= 11 is 0. The molecule has 3 N–H and O–H groups in total. The number of benzene rings is 1. The summed E-state index contributed by atoms with van der Waals surface area (Å²) in [7, 11) is -2.44. The Morgan fingerprint density at radius 1 is 1.07 bits per heavy atom. The zero-order valence-corrected chi connectivity index (χ0v) is 31.9. The number of carbonyl (C=O) groups excluding carboxylic acids is 3. The first-order valence-corrected chi connectivity index (χ1v) is 18.4. The van der Waals surface area contributed by atoms with E-state index in [4.69, 9.17) is 14.3 Å². The molecule has 27 heteroatoms. The molecule has 3 aromatic rings. The fourth-order valence-electron chi connectivity index (χ4n) is 4.48. The zero-order chi connectivity index (χ0) is 42.4. The van der Waals surface area contributed by atoms with E-state index >= 15 is 0 Å². The Morgan fingerprint density at radius 2 is 1.68 bits per heavy atom. The maximum atomic E-state index is 13.1. The number of aromatic nitrogens is 4. The lowest BCUT2D eigenvalue weighted by Gasteiger charge is -2.16. The number of urea groups is 1. The van der Waals surface area contributed by atoms with Crippen LogP contribution in [0.3, 0.4) is 0 Å². The van der Waals surface area contributed by atoms with Gasteiger partial charge in [-0.3, -0.25) is 14.9 Å². The number of halogens is 5. The molecule has 56 heavy (non-hydrogen) atoms. The van der Waals surface area contributed by atoms with Gasteiger partial charge in [0.25, 0.3) is 15.9 Å². The van der Waals surface area contributed by atoms with Crippen LogP contribution >= 0.6 is 0 Å². The quantitative estimate of drug-likeness (QED) is 0.175. The molecule has 0 radical (unpaired) electrons. The summed E-state index contributed by atoms with van der Waals surface area (Å²) in [6.45, 7) is -0.380. The number of ether oxygens (including phenoxy) is 3. The molecule has 1 aromatic carbocycles. The first-order valence-electron chi connectivity index (χ1n) is 15.3. The summed E-state index contributed by atoms with van der Waals surface area (Å²) in [6, 6.07) is 3.76. The molecule has 0 fully saturated rings. The lowest BCUT2D eigenvalue weighted by molar-refractivity contribution is -0.142. The Labute approximate surface area is 315 Å². The lowest BCUT2D eigenvalue weighted by atomic mass is 10.1. The van der Waals surface area contributed by atoms with Crippen LogP contribution in [0.15, 0.2) is 34.3 Å². The Bertz CT molecular complexity index is 2190. The van der Waals surface area contributed by atoms with E-state index < -0.39 is 83.0 Å². The van der Waals surface area contributed by atoms with Gasteiger partial charge in [-0.15, -0.1) is 0 Å². The van der Waals surface area contributed by atoms with Crippen molar-refractivity contribution in [3.8, 4) is 17.6 Å². The van der Waals surface area contributed by atoms with Crippen molar-refractivity contribution in [2.45, 2.75) is 49.3 Å². The third-order valence-electron chi connectivity index (χ3n) is 6.91. The second kappa shape index (κ2) is 17.3. The minimum absolute atomic E-state index is 0.0662. The summed E-state index contributed by atoms with van der Waals surface area (Å²) in [4.78, 5) is 48.6. The van der Waals surface area contributed by atoms with E-state index in [0.29, 0.717) is 11.1 Å². The van der Waals surface area contributed by atoms with Gasteiger partial charge in [0.1, 0.15) is 10.5 Å². The van der Waals surface area contributed by atoms with Crippen LogP contribution < -0.4 is 29.6 Å². The number of oxime groups is 1. The minimum atomic E-state index is -5.06. The minimum Gasteiger partial charge on any atom is -0.481 e. The fraction of sp³-hybridized carbons (Fsp3) is 0.414. The van der Waals surface area contributed by atoms with Gasteiger partial charge >= 0.3 is 18.8 Å². The van der Waals surface area contributed by atoms with E-state index in [1.807, 2.05) is 0 Å². The molecule has 0 saturated heterocycles. The van der Waals surface area contributed by atoms with Crippen molar-refractivity contribution < 1.29 is 72.2 Å². The van der Waals surface area contributed by atoms with E-state index in [2.05, 4.69) is 35.6 Å². The lowest BCUT2D eigenvalue weighted by Crippen LogP contribution is -2.36. The molecule has 0 aliphatic carbocycles. The number of hydrogen-bond donors (Lipinski definition) is 3. The molecular weight excluding hydrogens is 809 g/mol. The summed E-state index contributed by atoms with van der Waals surface area (Å²) in [5.41, 5.74) is -3.67. The van der Waals surface area contributed by atoms with Crippen LogP contribution in [-0.2, 0) is 48.5 Å². The van der Waals surface area contributed by atoms with Gasteiger partial charge in [-0.25, -0.2) is 31.0 Å². The van der Waals surface area contributed by atoms with E-state index in [1.165, 1.54) is 60.4 Å². The van der Waals surface area contributed by atoms with Crippen molar-refractivity contribution in [2.75, 3.05) is 38.9 Å².